The van der Waals surface area contributed by atoms with Gasteiger partial charge in [-0.15, -0.1) is 5.10 Å². The number of carbonyl (C=O) groups is 1. The van der Waals surface area contributed by atoms with Crippen LogP contribution in [0.5, 0.6) is 5.75 Å². The number of nitrogens with one attached hydrogen (secondary N) is 2. The van der Waals surface area contributed by atoms with Crippen LogP contribution in [0.3, 0.4) is 0 Å². The summed E-state index contributed by atoms with van der Waals surface area (Å²) in [5.74, 6) is -0.905. The van der Waals surface area contributed by atoms with E-state index in [1.807, 2.05) is 30.3 Å². The predicted octanol–water partition coefficient (Wildman–Crippen LogP) is 4.16. The Morgan fingerprint density at radius 3 is 2.78 bits per heavy atom. The Balaban J connectivity index is 1.50. The number of aromatic amines is 1. The van der Waals surface area contributed by atoms with E-state index in [0.29, 0.717) is 22.8 Å². The smallest absolute Gasteiger partial charge is 0.234 e. The summed E-state index contributed by atoms with van der Waals surface area (Å²) in [5.41, 5.74) is -0.117. The van der Waals surface area contributed by atoms with E-state index in [9.17, 15) is 13.6 Å². The Morgan fingerprint density at radius 2 is 2.04 bits per heavy atom. The molecule has 0 aliphatic rings. The van der Waals surface area contributed by atoms with Gasteiger partial charge in [0.05, 0.1) is 11.4 Å². The number of rotatable bonds is 7. The highest BCUT2D eigenvalue weighted by molar-refractivity contribution is 9.10. The number of hydrogen-bond donors (Lipinski definition) is 2. The van der Waals surface area contributed by atoms with Gasteiger partial charge >= 0.3 is 0 Å². The van der Waals surface area contributed by atoms with Crippen LogP contribution < -0.4 is 10.1 Å². The van der Waals surface area contributed by atoms with E-state index in [1.165, 1.54) is 0 Å². The second-order valence-electron chi connectivity index (χ2n) is 5.25. The molecule has 1 amide bonds. The van der Waals surface area contributed by atoms with Gasteiger partial charge in [-0.3, -0.25) is 9.89 Å². The van der Waals surface area contributed by atoms with Gasteiger partial charge in [0, 0.05) is 10.5 Å². The Hall–Kier alpha value is -2.46. The molecule has 2 N–H and O–H groups in total. The van der Waals surface area contributed by atoms with Gasteiger partial charge in [0.25, 0.3) is 0 Å². The van der Waals surface area contributed by atoms with Crippen LogP contribution in [0.1, 0.15) is 5.82 Å². The Bertz CT molecular complexity index is 917. The third-order valence-corrected chi connectivity index (χ3v) is 4.71. The van der Waals surface area contributed by atoms with E-state index in [2.05, 4.69) is 36.4 Å². The predicted molar refractivity (Wildman–Crippen MR) is 101 cm³/mol. The minimum atomic E-state index is -0.863. The fraction of sp³-hybridized carbons (Fsp3) is 0.118. The molecule has 1 heterocycles. The van der Waals surface area contributed by atoms with E-state index in [1.54, 1.807) is 0 Å². The Kier molecular flexibility index (Phi) is 6.40. The van der Waals surface area contributed by atoms with Crippen molar-refractivity contribution < 1.29 is 18.3 Å². The van der Waals surface area contributed by atoms with Gasteiger partial charge in [-0.2, -0.15) is 0 Å². The minimum Gasteiger partial charge on any atom is -0.486 e. The van der Waals surface area contributed by atoms with Gasteiger partial charge in [0.15, 0.2) is 11.6 Å². The lowest BCUT2D eigenvalue weighted by molar-refractivity contribution is -0.113. The summed E-state index contributed by atoms with van der Waals surface area (Å²) in [5, 5.41) is 9.46. The van der Waals surface area contributed by atoms with Crippen LogP contribution in [0.15, 0.2) is 52.1 Å². The van der Waals surface area contributed by atoms with Crippen molar-refractivity contribution in [1.82, 2.24) is 15.2 Å². The third kappa shape index (κ3) is 5.51. The largest absolute Gasteiger partial charge is 0.486 e. The molecule has 6 nitrogen and oxygen atoms in total. The number of benzene rings is 2. The summed E-state index contributed by atoms with van der Waals surface area (Å²) in [6.07, 6.45) is 0. The zero-order valence-electron chi connectivity index (χ0n) is 13.7. The maximum atomic E-state index is 13.7. The van der Waals surface area contributed by atoms with Crippen molar-refractivity contribution in [2.75, 3.05) is 11.1 Å². The number of para-hydroxylation sites is 1. The van der Waals surface area contributed by atoms with Gasteiger partial charge in [0.1, 0.15) is 18.2 Å². The summed E-state index contributed by atoms with van der Waals surface area (Å²) in [6, 6.07) is 11.0. The average Bonchev–Trinajstić information content (AvgIpc) is 3.10. The molecule has 0 atom stereocenters. The number of H-pyrrole nitrogens is 1. The molecule has 0 unspecified atom stereocenters. The molecule has 0 aliphatic carbocycles. The van der Waals surface area contributed by atoms with Gasteiger partial charge < -0.3 is 10.1 Å². The number of carbonyl (C=O) groups excluding carboxylic acids is 1. The lowest BCUT2D eigenvalue weighted by atomic mass is 10.3. The molecule has 140 valence electrons. The number of ether oxygens (including phenoxy) is 1. The highest BCUT2D eigenvalue weighted by atomic mass is 79.9. The summed E-state index contributed by atoms with van der Waals surface area (Å²) >= 11 is 4.09. The molecule has 0 saturated heterocycles. The SMILES string of the molecule is O=C(CSc1n[nH]c(COc2ccccc2)n1)Nc1c(F)cc(F)cc1Br. The lowest BCUT2D eigenvalue weighted by Crippen LogP contribution is -2.15. The minimum absolute atomic E-state index is 0.0416. The number of hydrogen-bond acceptors (Lipinski definition) is 5. The topological polar surface area (TPSA) is 79.9 Å². The fourth-order valence-corrected chi connectivity index (χ4v) is 3.17. The molecule has 3 aromatic rings. The van der Waals surface area contributed by atoms with Crippen molar-refractivity contribution in [2.24, 2.45) is 0 Å². The van der Waals surface area contributed by atoms with Crippen LogP contribution in [0.4, 0.5) is 14.5 Å². The number of halogens is 3. The number of aromatic nitrogens is 3. The van der Waals surface area contributed by atoms with Crippen molar-refractivity contribution >= 4 is 39.3 Å². The first-order valence-corrected chi connectivity index (χ1v) is 9.45. The summed E-state index contributed by atoms with van der Waals surface area (Å²) in [7, 11) is 0. The van der Waals surface area contributed by atoms with Crippen molar-refractivity contribution in [3.8, 4) is 5.75 Å². The first-order valence-electron chi connectivity index (χ1n) is 7.67. The molecular weight excluding hydrogens is 442 g/mol. The van der Waals surface area contributed by atoms with Gasteiger partial charge in [-0.05, 0) is 34.1 Å². The van der Waals surface area contributed by atoms with Gasteiger partial charge in [0.2, 0.25) is 11.1 Å². The zero-order chi connectivity index (χ0) is 19.2. The van der Waals surface area contributed by atoms with Crippen LogP contribution in [0, 0.1) is 11.6 Å². The first kappa shape index (κ1) is 19.3. The average molecular weight is 455 g/mol. The maximum Gasteiger partial charge on any atom is 0.234 e. The van der Waals surface area contributed by atoms with Crippen molar-refractivity contribution in [3.63, 3.8) is 0 Å². The number of anilines is 1. The molecule has 27 heavy (non-hydrogen) atoms. The highest BCUT2D eigenvalue weighted by Gasteiger charge is 2.14. The second kappa shape index (κ2) is 8.96. The number of amides is 1. The summed E-state index contributed by atoms with van der Waals surface area (Å²) in [6.45, 7) is 0.206. The first-order chi connectivity index (χ1) is 13.0. The Morgan fingerprint density at radius 1 is 1.26 bits per heavy atom. The second-order valence-corrected chi connectivity index (χ2v) is 7.04. The van der Waals surface area contributed by atoms with E-state index >= 15 is 0 Å². The lowest BCUT2D eigenvalue weighted by Gasteiger charge is -2.08. The van der Waals surface area contributed by atoms with Crippen molar-refractivity contribution in [1.29, 1.82) is 0 Å². The van der Waals surface area contributed by atoms with Crippen molar-refractivity contribution in [2.45, 2.75) is 11.8 Å². The van der Waals surface area contributed by atoms with E-state index < -0.39 is 17.5 Å². The molecular formula is C17H13BrF2N4O2S. The quantitative estimate of drug-likeness (QED) is 0.524. The normalized spacial score (nSPS) is 10.6. The van der Waals surface area contributed by atoms with Gasteiger partial charge in [-0.1, -0.05) is 30.0 Å². The van der Waals surface area contributed by atoms with Crippen LogP contribution in [-0.2, 0) is 11.4 Å². The zero-order valence-corrected chi connectivity index (χ0v) is 16.1. The molecule has 2 aromatic carbocycles. The molecule has 0 radical (unpaired) electrons. The van der Waals surface area contributed by atoms with E-state index in [4.69, 9.17) is 4.74 Å². The maximum absolute atomic E-state index is 13.7. The number of nitrogens with zero attached hydrogens (tertiary/aromatic N) is 2. The molecule has 0 fully saturated rings. The molecule has 0 spiro atoms. The standard InChI is InChI=1S/C17H13BrF2N4O2S/c18-12-6-10(19)7-13(20)16(12)22-15(25)9-27-17-21-14(23-24-17)8-26-11-4-2-1-3-5-11/h1-7H,8-9H2,(H,22,25)(H,21,23,24). The van der Waals surface area contributed by atoms with Gasteiger partial charge in [-0.25, -0.2) is 13.8 Å². The monoisotopic (exact) mass is 454 g/mol. The molecule has 1 aromatic heterocycles. The van der Waals surface area contributed by atoms with Crippen LogP contribution in [0.25, 0.3) is 0 Å². The fourth-order valence-electron chi connectivity index (χ4n) is 2.04. The van der Waals surface area contributed by atoms with E-state index in [0.717, 1.165) is 17.8 Å². The van der Waals surface area contributed by atoms with Crippen LogP contribution >= 0.6 is 27.7 Å². The molecule has 10 heteroatoms. The molecule has 3 rings (SSSR count). The highest BCUT2D eigenvalue weighted by Crippen LogP contribution is 2.27. The van der Waals surface area contributed by atoms with Crippen molar-refractivity contribution in [3.05, 3.63) is 64.4 Å². The van der Waals surface area contributed by atoms with Crippen LogP contribution in [0.2, 0.25) is 0 Å². The Labute approximate surface area is 165 Å². The van der Waals surface area contributed by atoms with Crippen LogP contribution in [-0.4, -0.2) is 26.8 Å². The van der Waals surface area contributed by atoms with E-state index in [-0.39, 0.29) is 22.5 Å². The summed E-state index contributed by atoms with van der Waals surface area (Å²) < 4.78 is 32.5. The number of thioether (sulfide) groups is 1. The molecule has 0 saturated carbocycles. The molecule has 0 aliphatic heterocycles. The third-order valence-electron chi connectivity index (χ3n) is 3.23. The molecule has 0 bridgehead atoms. The summed E-state index contributed by atoms with van der Waals surface area (Å²) in [4.78, 5) is 16.2.